The maximum atomic E-state index is 12.0. The molecule has 0 bridgehead atoms. The van der Waals surface area contributed by atoms with E-state index in [1.165, 1.54) is 0 Å². The molecule has 1 heterocycles. The Bertz CT molecular complexity index is 591. The van der Waals surface area contributed by atoms with Crippen LogP contribution in [-0.2, 0) is 11.3 Å². The summed E-state index contributed by atoms with van der Waals surface area (Å²) in [6.07, 6.45) is 1.79. The van der Waals surface area contributed by atoms with Crippen LogP contribution in [0.15, 0.2) is 42.6 Å². The molecule has 112 valence electrons. The lowest BCUT2D eigenvalue weighted by Gasteiger charge is -2.26. The van der Waals surface area contributed by atoms with E-state index in [1.54, 1.807) is 25.2 Å². The van der Waals surface area contributed by atoms with E-state index >= 15 is 0 Å². The zero-order chi connectivity index (χ0) is 15.4. The van der Waals surface area contributed by atoms with E-state index in [9.17, 15) is 4.79 Å². The van der Waals surface area contributed by atoms with E-state index in [2.05, 4.69) is 5.10 Å². The van der Waals surface area contributed by atoms with Crippen molar-refractivity contribution >= 4 is 5.91 Å². The second-order valence-electron chi connectivity index (χ2n) is 5.39. The van der Waals surface area contributed by atoms with Crippen LogP contribution in [0.4, 0.5) is 0 Å². The lowest BCUT2D eigenvalue weighted by molar-refractivity contribution is -0.133. The second-order valence-corrected chi connectivity index (χ2v) is 5.39. The van der Waals surface area contributed by atoms with Crippen LogP contribution in [0, 0.1) is 0 Å². The highest BCUT2D eigenvalue weighted by Gasteiger charge is 2.20. The zero-order valence-corrected chi connectivity index (χ0v) is 13.0. The fourth-order valence-electron chi connectivity index (χ4n) is 2.21. The van der Waals surface area contributed by atoms with E-state index in [1.807, 2.05) is 60.0 Å². The lowest BCUT2D eigenvalue weighted by Crippen LogP contribution is -2.42. The standard InChI is InChI=1S/C16H22N4O/c1-13(16(21)18(2)3)19(4)12-15-10-11-17-20(15)14-8-6-5-7-9-14/h5-11,13H,12H2,1-4H3. The Balaban J connectivity index is 2.14. The molecular formula is C16H22N4O. The Kier molecular flexibility index (Phi) is 4.75. The third kappa shape index (κ3) is 3.49. The molecule has 0 aliphatic heterocycles. The molecule has 1 aromatic heterocycles. The van der Waals surface area contributed by atoms with Crippen molar-refractivity contribution in [3.63, 3.8) is 0 Å². The van der Waals surface area contributed by atoms with Crippen molar-refractivity contribution in [3.8, 4) is 5.69 Å². The van der Waals surface area contributed by atoms with Crippen molar-refractivity contribution in [1.82, 2.24) is 19.6 Å². The van der Waals surface area contributed by atoms with Crippen molar-refractivity contribution in [3.05, 3.63) is 48.3 Å². The topological polar surface area (TPSA) is 41.4 Å². The van der Waals surface area contributed by atoms with E-state index in [0.29, 0.717) is 6.54 Å². The van der Waals surface area contributed by atoms with E-state index in [-0.39, 0.29) is 11.9 Å². The predicted molar refractivity (Wildman–Crippen MR) is 83.2 cm³/mol. The quantitative estimate of drug-likeness (QED) is 0.841. The van der Waals surface area contributed by atoms with Gasteiger partial charge in [0.2, 0.25) is 5.91 Å². The molecule has 1 amide bonds. The van der Waals surface area contributed by atoms with Gasteiger partial charge in [0.05, 0.1) is 17.4 Å². The van der Waals surface area contributed by atoms with Crippen LogP contribution in [0.2, 0.25) is 0 Å². The fourth-order valence-corrected chi connectivity index (χ4v) is 2.21. The Labute approximate surface area is 125 Å². The van der Waals surface area contributed by atoms with Gasteiger partial charge in [-0.2, -0.15) is 5.10 Å². The summed E-state index contributed by atoms with van der Waals surface area (Å²) in [7, 11) is 5.51. The van der Waals surface area contributed by atoms with Crippen LogP contribution in [0.25, 0.3) is 5.69 Å². The molecule has 0 radical (unpaired) electrons. The predicted octanol–water partition coefficient (Wildman–Crippen LogP) is 1.78. The first-order chi connectivity index (χ1) is 10.0. The van der Waals surface area contributed by atoms with Crippen molar-refractivity contribution in [2.24, 2.45) is 0 Å². The number of rotatable bonds is 5. The molecule has 0 spiro atoms. The molecule has 2 aromatic rings. The van der Waals surface area contributed by atoms with Crippen molar-refractivity contribution < 1.29 is 4.79 Å². The van der Waals surface area contributed by atoms with Gasteiger partial charge in [-0.05, 0) is 32.2 Å². The van der Waals surface area contributed by atoms with Gasteiger partial charge in [0.25, 0.3) is 0 Å². The van der Waals surface area contributed by atoms with Crippen LogP contribution in [-0.4, -0.2) is 52.7 Å². The number of aromatic nitrogens is 2. The summed E-state index contributed by atoms with van der Waals surface area (Å²) >= 11 is 0. The first kappa shape index (κ1) is 15.3. The molecule has 0 saturated carbocycles. The minimum Gasteiger partial charge on any atom is -0.347 e. The SMILES string of the molecule is CC(C(=O)N(C)C)N(C)Cc1ccnn1-c1ccccc1. The first-order valence-electron chi connectivity index (χ1n) is 7.00. The summed E-state index contributed by atoms with van der Waals surface area (Å²) < 4.78 is 1.91. The normalized spacial score (nSPS) is 12.4. The van der Waals surface area contributed by atoms with Crippen LogP contribution in [0.5, 0.6) is 0 Å². The maximum Gasteiger partial charge on any atom is 0.239 e. The number of carbonyl (C=O) groups is 1. The number of para-hydroxylation sites is 1. The number of hydrogen-bond acceptors (Lipinski definition) is 3. The molecule has 2 rings (SSSR count). The van der Waals surface area contributed by atoms with Crippen molar-refractivity contribution in [2.75, 3.05) is 21.1 Å². The van der Waals surface area contributed by atoms with Gasteiger partial charge in [0.15, 0.2) is 0 Å². The monoisotopic (exact) mass is 286 g/mol. The Morgan fingerprint density at radius 1 is 1.19 bits per heavy atom. The number of benzene rings is 1. The van der Waals surface area contributed by atoms with Crippen LogP contribution in [0.3, 0.4) is 0 Å². The zero-order valence-electron chi connectivity index (χ0n) is 13.0. The molecule has 5 heteroatoms. The van der Waals surface area contributed by atoms with Crippen molar-refractivity contribution in [2.45, 2.75) is 19.5 Å². The molecule has 0 fully saturated rings. The smallest absolute Gasteiger partial charge is 0.239 e. The summed E-state index contributed by atoms with van der Waals surface area (Å²) in [6.45, 7) is 2.58. The summed E-state index contributed by atoms with van der Waals surface area (Å²) in [5.41, 5.74) is 2.08. The molecular weight excluding hydrogens is 264 g/mol. The summed E-state index contributed by atoms with van der Waals surface area (Å²) in [5, 5.41) is 4.37. The molecule has 0 N–H and O–H groups in total. The highest BCUT2D eigenvalue weighted by atomic mass is 16.2. The highest BCUT2D eigenvalue weighted by Crippen LogP contribution is 2.13. The third-order valence-electron chi connectivity index (χ3n) is 3.59. The number of hydrogen-bond donors (Lipinski definition) is 0. The number of nitrogens with zero attached hydrogens (tertiary/aromatic N) is 4. The van der Waals surface area contributed by atoms with Crippen molar-refractivity contribution in [1.29, 1.82) is 0 Å². The maximum absolute atomic E-state index is 12.0. The minimum absolute atomic E-state index is 0.100. The Morgan fingerprint density at radius 2 is 1.86 bits per heavy atom. The largest absolute Gasteiger partial charge is 0.347 e. The van der Waals surface area contributed by atoms with Gasteiger partial charge < -0.3 is 4.90 Å². The van der Waals surface area contributed by atoms with Crippen LogP contribution < -0.4 is 0 Å². The van der Waals surface area contributed by atoms with Gasteiger partial charge in [0, 0.05) is 26.8 Å². The fraction of sp³-hybridized carbons (Fsp3) is 0.375. The van der Waals surface area contributed by atoms with Gasteiger partial charge in [-0.1, -0.05) is 18.2 Å². The molecule has 1 aromatic carbocycles. The number of amides is 1. The minimum atomic E-state index is -0.167. The summed E-state index contributed by atoms with van der Waals surface area (Å²) in [6, 6.07) is 11.8. The first-order valence-corrected chi connectivity index (χ1v) is 7.00. The van der Waals surface area contributed by atoms with Gasteiger partial charge >= 0.3 is 0 Å². The van der Waals surface area contributed by atoms with Gasteiger partial charge in [-0.15, -0.1) is 0 Å². The molecule has 1 atom stereocenters. The third-order valence-corrected chi connectivity index (χ3v) is 3.59. The average molecular weight is 286 g/mol. The van der Waals surface area contributed by atoms with Crippen LogP contribution in [0.1, 0.15) is 12.6 Å². The highest BCUT2D eigenvalue weighted by molar-refractivity contribution is 5.80. The van der Waals surface area contributed by atoms with E-state index in [4.69, 9.17) is 0 Å². The molecule has 0 saturated heterocycles. The summed E-state index contributed by atoms with van der Waals surface area (Å²) in [4.78, 5) is 15.7. The van der Waals surface area contributed by atoms with Gasteiger partial charge in [0.1, 0.15) is 0 Å². The molecule has 1 unspecified atom stereocenters. The van der Waals surface area contributed by atoms with E-state index < -0.39 is 0 Å². The lowest BCUT2D eigenvalue weighted by atomic mass is 10.2. The molecule has 0 aliphatic carbocycles. The number of carbonyl (C=O) groups excluding carboxylic acids is 1. The molecule has 21 heavy (non-hydrogen) atoms. The molecule has 0 aliphatic rings. The van der Waals surface area contributed by atoms with Gasteiger partial charge in [-0.3, -0.25) is 9.69 Å². The summed E-state index contributed by atoms with van der Waals surface area (Å²) in [5.74, 6) is 0.100. The van der Waals surface area contributed by atoms with Gasteiger partial charge in [-0.25, -0.2) is 4.68 Å². The molecule has 5 nitrogen and oxygen atoms in total. The Morgan fingerprint density at radius 3 is 2.48 bits per heavy atom. The second kappa shape index (κ2) is 6.54. The average Bonchev–Trinajstić information content (AvgIpc) is 2.94. The number of likely N-dealkylation sites (N-methyl/N-ethyl adjacent to an activating group) is 2. The van der Waals surface area contributed by atoms with E-state index in [0.717, 1.165) is 11.4 Å². The van der Waals surface area contributed by atoms with Crippen LogP contribution >= 0.6 is 0 Å². The Hall–Kier alpha value is -2.14.